The highest BCUT2D eigenvalue weighted by atomic mass is 19.1. The molecule has 1 aromatic heterocycles. The van der Waals surface area contributed by atoms with Gasteiger partial charge in [0, 0.05) is 31.4 Å². The van der Waals surface area contributed by atoms with E-state index in [0.29, 0.717) is 18.3 Å². The lowest BCUT2D eigenvalue weighted by atomic mass is 9.91. The van der Waals surface area contributed by atoms with Crippen LogP contribution >= 0.6 is 0 Å². The fourth-order valence-corrected chi connectivity index (χ4v) is 4.20. The van der Waals surface area contributed by atoms with E-state index in [1.807, 2.05) is 35.0 Å². The fraction of sp³-hybridized carbons (Fsp3) is 0.360. The predicted octanol–water partition coefficient (Wildman–Crippen LogP) is 3.46. The molecular formula is C25H29FN4O. The lowest BCUT2D eigenvalue weighted by Crippen LogP contribution is -2.36. The molecular weight excluding hydrogens is 391 g/mol. The van der Waals surface area contributed by atoms with Gasteiger partial charge < -0.3 is 10.2 Å². The summed E-state index contributed by atoms with van der Waals surface area (Å²) < 4.78 is 15.1. The molecule has 4 rings (SSSR count). The molecule has 162 valence electrons. The lowest BCUT2D eigenvalue weighted by molar-refractivity contribution is 0.0820. The third kappa shape index (κ3) is 5.02. The molecule has 6 heteroatoms. The van der Waals surface area contributed by atoms with Gasteiger partial charge in [0.05, 0.1) is 6.54 Å². The van der Waals surface area contributed by atoms with Crippen molar-refractivity contribution in [2.24, 2.45) is 0 Å². The molecule has 2 aromatic carbocycles. The average Bonchev–Trinajstić information content (AvgIpc) is 3.13. The maximum Gasteiger partial charge on any atom is 0.274 e. The van der Waals surface area contributed by atoms with E-state index in [1.54, 1.807) is 19.0 Å². The summed E-state index contributed by atoms with van der Waals surface area (Å²) in [6.07, 6.45) is 3.54. The molecule has 0 spiro atoms. The summed E-state index contributed by atoms with van der Waals surface area (Å²) in [5.41, 5.74) is 5.10. The van der Waals surface area contributed by atoms with E-state index in [-0.39, 0.29) is 11.7 Å². The molecule has 1 amide bonds. The first-order valence-electron chi connectivity index (χ1n) is 10.8. The van der Waals surface area contributed by atoms with Crippen molar-refractivity contribution in [3.63, 3.8) is 0 Å². The minimum Gasteiger partial charge on any atom is -0.343 e. The molecule has 0 radical (unpaired) electrons. The molecule has 0 saturated heterocycles. The van der Waals surface area contributed by atoms with Gasteiger partial charge in [0.25, 0.3) is 5.91 Å². The van der Waals surface area contributed by atoms with Crippen LogP contribution in [0.25, 0.3) is 0 Å². The Balaban J connectivity index is 1.48. The van der Waals surface area contributed by atoms with Gasteiger partial charge in [-0.05, 0) is 55.5 Å². The molecule has 0 bridgehead atoms. The number of rotatable bonds is 7. The van der Waals surface area contributed by atoms with Gasteiger partial charge in [0.2, 0.25) is 0 Å². The standard InChI is InChI=1S/C25H29FN4O/c1-29(2)25(31)24-22-16-21(27-15-14-18-8-10-20(26)11-9-18)12-13-23(22)30(28-24)17-19-6-4-3-5-7-19/h3-11,21,27H,12-17H2,1-2H3. The van der Waals surface area contributed by atoms with Gasteiger partial charge >= 0.3 is 0 Å². The zero-order valence-corrected chi connectivity index (χ0v) is 18.1. The molecule has 1 unspecified atom stereocenters. The Labute approximate surface area is 182 Å². The summed E-state index contributed by atoms with van der Waals surface area (Å²) in [6.45, 7) is 1.49. The fourth-order valence-electron chi connectivity index (χ4n) is 4.20. The number of fused-ring (bicyclic) bond motifs is 1. The van der Waals surface area contributed by atoms with Gasteiger partial charge in [-0.15, -0.1) is 0 Å². The van der Waals surface area contributed by atoms with E-state index >= 15 is 0 Å². The third-order valence-electron chi connectivity index (χ3n) is 5.89. The summed E-state index contributed by atoms with van der Waals surface area (Å²) in [5, 5.41) is 8.37. The quantitative estimate of drug-likeness (QED) is 0.637. The highest BCUT2D eigenvalue weighted by Crippen LogP contribution is 2.26. The number of nitrogens with one attached hydrogen (secondary N) is 1. The van der Waals surface area contributed by atoms with Crippen molar-refractivity contribution in [1.82, 2.24) is 20.0 Å². The number of hydrogen-bond acceptors (Lipinski definition) is 3. The molecule has 1 heterocycles. The van der Waals surface area contributed by atoms with Gasteiger partial charge in [0.15, 0.2) is 5.69 Å². The normalized spacial score (nSPS) is 15.5. The van der Waals surface area contributed by atoms with E-state index in [1.165, 1.54) is 23.4 Å². The van der Waals surface area contributed by atoms with Crippen molar-refractivity contribution >= 4 is 5.91 Å². The Morgan fingerprint density at radius 2 is 1.87 bits per heavy atom. The van der Waals surface area contributed by atoms with Gasteiger partial charge in [-0.25, -0.2) is 4.39 Å². The molecule has 31 heavy (non-hydrogen) atoms. The number of carbonyl (C=O) groups excluding carboxylic acids is 1. The number of benzene rings is 2. The summed E-state index contributed by atoms with van der Waals surface area (Å²) in [5.74, 6) is -0.253. The molecule has 1 aliphatic rings. The molecule has 5 nitrogen and oxygen atoms in total. The Morgan fingerprint density at radius 1 is 1.13 bits per heavy atom. The first kappa shape index (κ1) is 21.2. The Bertz CT molecular complexity index is 1030. The van der Waals surface area contributed by atoms with E-state index in [2.05, 4.69) is 17.4 Å². The Morgan fingerprint density at radius 3 is 2.58 bits per heavy atom. The van der Waals surface area contributed by atoms with Crippen LogP contribution in [0, 0.1) is 5.82 Å². The minimum atomic E-state index is -0.206. The smallest absolute Gasteiger partial charge is 0.274 e. The average molecular weight is 421 g/mol. The monoisotopic (exact) mass is 420 g/mol. The number of halogens is 1. The van der Waals surface area contributed by atoms with Crippen LogP contribution in [0.1, 0.15) is 39.3 Å². The van der Waals surface area contributed by atoms with Crippen molar-refractivity contribution in [2.75, 3.05) is 20.6 Å². The summed E-state index contributed by atoms with van der Waals surface area (Å²) >= 11 is 0. The summed E-state index contributed by atoms with van der Waals surface area (Å²) in [4.78, 5) is 14.4. The number of aromatic nitrogens is 2. The molecule has 3 aromatic rings. The molecule has 0 saturated carbocycles. The van der Waals surface area contributed by atoms with Gasteiger partial charge in [-0.2, -0.15) is 5.10 Å². The van der Waals surface area contributed by atoms with Crippen molar-refractivity contribution in [1.29, 1.82) is 0 Å². The van der Waals surface area contributed by atoms with Crippen LogP contribution in [0.3, 0.4) is 0 Å². The SMILES string of the molecule is CN(C)C(=O)c1nn(Cc2ccccc2)c2c1CC(NCCc1ccc(F)cc1)CC2. The third-order valence-corrected chi connectivity index (χ3v) is 5.89. The number of hydrogen-bond donors (Lipinski definition) is 1. The second-order valence-corrected chi connectivity index (χ2v) is 8.39. The number of nitrogens with zero attached hydrogens (tertiary/aromatic N) is 3. The van der Waals surface area contributed by atoms with Crippen molar-refractivity contribution in [2.45, 2.75) is 38.3 Å². The first-order chi connectivity index (χ1) is 15.0. The van der Waals surface area contributed by atoms with E-state index in [9.17, 15) is 9.18 Å². The van der Waals surface area contributed by atoms with Crippen molar-refractivity contribution < 1.29 is 9.18 Å². The molecule has 0 fully saturated rings. The largest absolute Gasteiger partial charge is 0.343 e. The summed E-state index contributed by atoms with van der Waals surface area (Å²) in [6, 6.07) is 17.2. The summed E-state index contributed by atoms with van der Waals surface area (Å²) in [7, 11) is 3.54. The van der Waals surface area contributed by atoms with Crippen LogP contribution in [-0.2, 0) is 25.8 Å². The maximum atomic E-state index is 13.1. The highest BCUT2D eigenvalue weighted by molar-refractivity contribution is 5.93. The topological polar surface area (TPSA) is 50.2 Å². The van der Waals surface area contributed by atoms with Gasteiger partial charge in [-0.1, -0.05) is 42.5 Å². The lowest BCUT2D eigenvalue weighted by Gasteiger charge is -2.25. The van der Waals surface area contributed by atoms with Crippen LogP contribution < -0.4 is 5.32 Å². The van der Waals surface area contributed by atoms with Gasteiger partial charge in [-0.3, -0.25) is 9.48 Å². The Kier molecular flexibility index (Phi) is 6.47. The zero-order valence-electron chi connectivity index (χ0n) is 18.1. The predicted molar refractivity (Wildman–Crippen MR) is 120 cm³/mol. The van der Waals surface area contributed by atoms with Crippen LogP contribution in [0.5, 0.6) is 0 Å². The Hall–Kier alpha value is -2.99. The maximum absolute atomic E-state index is 13.1. The van der Waals surface area contributed by atoms with Crippen LogP contribution in [0.15, 0.2) is 54.6 Å². The van der Waals surface area contributed by atoms with E-state index in [0.717, 1.165) is 43.4 Å². The van der Waals surface area contributed by atoms with Crippen LogP contribution in [0.4, 0.5) is 4.39 Å². The number of carbonyl (C=O) groups is 1. The second kappa shape index (κ2) is 9.43. The van der Waals surface area contributed by atoms with Crippen LogP contribution in [-0.4, -0.2) is 47.3 Å². The minimum absolute atomic E-state index is 0.0463. The molecule has 1 atom stereocenters. The first-order valence-corrected chi connectivity index (χ1v) is 10.8. The highest BCUT2D eigenvalue weighted by Gasteiger charge is 2.29. The van der Waals surface area contributed by atoms with Crippen molar-refractivity contribution in [3.8, 4) is 0 Å². The van der Waals surface area contributed by atoms with E-state index in [4.69, 9.17) is 5.10 Å². The molecule has 1 N–H and O–H groups in total. The van der Waals surface area contributed by atoms with Crippen LogP contribution in [0.2, 0.25) is 0 Å². The number of amides is 1. The molecule has 0 aliphatic heterocycles. The zero-order chi connectivity index (χ0) is 21.8. The van der Waals surface area contributed by atoms with E-state index < -0.39 is 0 Å². The molecule has 1 aliphatic carbocycles. The van der Waals surface area contributed by atoms with Crippen molar-refractivity contribution in [3.05, 3.63) is 88.5 Å². The second-order valence-electron chi connectivity index (χ2n) is 8.39. The van der Waals surface area contributed by atoms with Gasteiger partial charge in [0.1, 0.15) is 5.82 Å².